The lowest BCUT2D eigenvalue weighted by atomic mass is 9.66. The summed E-state index contributed by atoms with van der Waals surface area (Å²) in [5.41, 5.74) is 0.218. The molecule has 4 rings (SSSR count). The fourth-order valence-corrected chi connectivity index (χ4v) is 5.87. The Morgan fingerprint density at radius 3 is 1.55 bits per heavy atom. The van der Waals surface area contributed by atoms with Crippen molar-refractivity contribution in [1.82, 2.24) is 4.90 Å². The molecule has 0 bridgehead atoms. The molecule has 2 aromatic rings. The Morgan fingerprint density at radius 2 is 1.14 bits per heavy atom. The fraction of sp³-hybridized carbons (Fsp3) is 0.455. The number of allylic oxidation sites excluding steroid dienone is 2. The molecule has 0 radical (unpaired) electrons. The zero-order valence-electron chi connectivity index (χ0n) is 24.7. The van der Waals surface area contributed by atoms with Gasteiger partial charge in [0.25, 0.3) is 5.92 Å². The first kappa shape index (κ1) is 31.2. The number of ketones is 2. The molecule has 1 aliphatic heterocycles. The summed E-state index contributed by atoms with van der Waals surface area (Å²) in [5, 5.41) is 0. The second-order valence-electron chi connectivity index (χ2n) is 10.8. The number of piperidine rings is 1. The number of halogens is 2. The molecule has 42 heavy (non-hydrogen) atoms. The van der Waals surface area contributed by atoms with Gasteiger partial charge in [-0.15, -0.1) is 0 Å². The summed E-state index contributed by atoms with van der Waals surface area (Å²) in [6.45, 7) is 0.649. The molecule has 0 N–H and O–H groups in total. The van der Waals surface area contributed by atoms with Crippen LogP contribution < -0.4 is 18.9 Å². The second kappa shape index (κ2) is 13.5. The number of benzene rings is 2. The highest BCUT2D eigenvalue weighted by atomic mass is 19.3. The van der Waals surface area contributed by atoms with Crippen molar-refractivity contribution in [3.63, 3.8) is 0 Å². The summed E-state index contributed by atoms with van der Waals surface area (Å²) in [7, 11) is 6.18. The zero-order valence-corrected chi connectivity index (χ0v) is 24.7. The monoisotopic (exact) mass is 583 g/mol. The molecule has 0 aromatic heterocycles. The smallest absolute Gasteiger partial charge is 0.250 e. The van der Waals surface area contributed by atoms with E-state index in [0.717, 1.165) is 11.1 Å². The van der Waals surface area contributed by atoms with Gasteiger partial charge in [0.05, 0.1) is 33.9 Å². The molecule has 0 spiro atoms. The normalized spacial score (nSPS) is 19.1. The van der Waals surface area contributed by atoms with Gasteiger partial charge in [0.1, 0.15) is 0 Å². The van der Waals surface area contributed by atoms with Crippen LogP contribution in [-0.4, -0.2) is 70.0 Å². The van der Waals surface area contributed by atoms with Gasteiger partial charge >= 0.3 is 0 Å². The lowest BCUT2D eigenvalue weighted by Crippen LogP contribution is -2.50. The molecule has 7 nitrogen and oxygen atoms in total. The van der Waals surface area contributed by atoms with Crippen LogP contribution in [0.1, 0.15) is 49.7 Å². The molecule has 1 saturated carbocycles. The van der Waals surface area contributed by atoms with E-state index in [2.05, 4.69) is 4.90 Å². The van der Waals surface area contributed by atoms with Crippen molar-refractivity contribution in [2.45, 2.75) is 50.5 Å². The van der Waals surface area contributed by atoms with Gasteiger partial charge in [-0.25, -0.2) is 8.78 Å². The number of hydrogen-bond acceptors (Lipinski definition) is 7. The first-order valence-corrected chi connectivity index (χ1v) is 14.2. The lowest BCUT2D eigenvalue weighted by molar-refractivity contribution is -0.138. The molecule has 0 amide bonds. The minimum atomic E-state index is -2.62. The van der Waals surface area contributed by atoms with Gasteiger partial charge in [0.15, 0.2) is 34.6 Å². The summed E-state index contributed by atoms with van der Waals surface area (Å²) in [5.74, 6) is -0.967. The van der Waals surface area contributed by atoms with Crippen LogP contribution in [0.15, 0.2) is 48.6 Å². The number of carbonyl (C=O) groups excluding carboxylic acids is 2. The van der Waals surface area contributed by atoms with Crippen molar-refractivity contribution in [2.24, 2.45) is 5.41 Å². The number of alkyl halides is 2. The molecule has 0 atom stereocenters. The van der Waals surface area contributed by atoms with Gasteiger partial charge in [0.2, 0.25) is 0 Å². The minimum Gasteiger partial charge on any atom is -0.493 e. The molecule has 226 valence electrons. The van der Waals surface area contributed by atoms with Gasteiger partial charge in [-0.3, -0.25) is 14.5 Å². The largest absolute Gasteiger partial charge is 0.493 e. The van der Waals surface area contributed by atoms with E-state index in [1.54, 1.807) is 62.8 Å². The maximum atomic E-state index is 13.8. The van der Waals surface area contributed by atoms with Crippen molar-refractivity contribution < 1.29 is 37.3 Å². The minimum absolute atomic E-state index is 0.0690. The molecule has 2 fully saturated rings. The van der Waals surface area contributed by atoms with Crippen LogP contribution in [0, 0.1) is 5.41 Å². The Balaban J connectivity index is 1.57. The van der Waals surface area contributed by atoms with Crippen LogP contribution in [0.25, 0.3) is 12.2 Å². The zero-order chi connectivity index (χ0) is 30.3. The molecular formula is C33H39F2NO6. The number of carbonyl (C=O) groups is 2. The third-order valence-electron chi connectivity index (χ3n) is 8.47. The van der Waals surface area contributed by atoms with E-state index in [0.29, 0.717) is 61.8 Å². The maximum Gasteiger partial charge on any atom is 0.250 e. The Labute approximate surface area is 246 Å². The van der Waals surface area contributed by atoms with Crippen LogP contribution >= 0.6 is 0 Å². The molecule has 2 aromatic carbocycles. The summed E-state index contributed by atoms with van der Waals surface area (Å²) in [4.78, 5) is 29.8. The quantitative estimate of drug-likeness (QED) is 0.229. The third kappa shape index (κ3) is 7.01. The van der Waals surface area contributed by atoms with E-state index in [1.165, 1.54) is 26.4 Å². The molecule has 1 aliphatic carbocycles. The Hall–Kier alpha value is -3.72. The molecule has 2 aliphatic rings. The van der Waals surface area contributed by atoms with Crippen LogP contribution in [0.5, 0.6) is 23.0 Å². The fourth-order valence-electron chi connectivity index (χ4n) is 5.87. The highest BCUT2D eigenvalue weighted by molar-refractivity contribution is 6.17. The number of hydrogen-bond donors (Lipinski definition) is 0. The number of likely N-dealkylation sites (tertiary alicyclic amines) is 1. The van der Waals surface area contributed by atoms with E-state index in [1.807, 2.05) is 0 Å². The highest BCUT2D eigenvalue weighted by Crippen LogP contribution is 2.42. The number of rotatable bonds is 11. The lowest BCUT2D eigenvalue weighted by Gasteiger charge is -2.43. The first-order chi connectivity index (χ1) is 20.1. The van der Waals surface area contributed by atoms with Crippen LogP contribution in [0.3, 0.4) is 0 Å². The van der Waals surface area contributed by atoms with Crippen molar-refractivity contribution in [3.8, 4) is 23.0 Å². The molecule has 9 heteroatoms. The van der Waals surface area contributed by atoms with E-state index in [9.17, 15) is 18.4 Å². The predicted molar refractivity (Wildman–Crippen MR) is 158 cm³/mol. The van der Waals surface area contributed by atoms with Gasteiger partial charge in [-0.2, -0.15) is 0 Å². The first-order valence-electron chi connectivity index (χ1n) is 14.2. The highest BCUT2D eigenvalue weighted by Gasteiger charge is 2.47. The predicted octanol–water partition coefficient (Wildman–Crippen LogP) is 6.25. The summed E-state index contributed by atoms with van der Waals surface area (Å²) in [6, 6.07) is 10.7. The van der Waals surface area contributed by atoms with Crippen molar-refractivity contribution in [3.05, 3.63) is 59.7 Å². The maximum absolute atomic E-state index is 13.8. The summed E-state index contributed by atoms with van der Waals surface area (Å²) < 4.78 is 48.8. The Kier molecular flexibility index (Phi) is 10.0. The van der Waals surface area contributed by atoms with E-state index >= 15 is 0 Å². The Bertz CT molecular complexity index is 1240. The molecule has 1 heterocycles. The van der Waals surface area contributed by atoms with Gasteiger partial charge in [-0.1, -0.05) is 24.3 Å². The van der Waals surface area contributed by atoms with Crippen molar-refractivity contribution >= 4 is 23.7 Å². The number of nitrogens with zero attached hydrogens (tertiary/aromatic N) is 1. The Morgan fingerprint density at radius 1 is 0.714 bits per heavy atom. The SMILES string of the molecule is COc1ccc(/C=C/C(=O)C2(C(=O)/C=C/c3ccc(OC)c(OC)c3)CCC(N3CCC(F)(F)CC3)CC2)cc1OC. The second-order valence-corrected chi connectivity index (χ2v) is 10.8. The number of methoxy groups -OCH3 is 4. The average Bonchev–Trinajstić information content (AvgIpc) is 3.02. The van der Waals surface area contributed by atoms with E-state index < -0.39 is 11.3 Å². The third-order valence-corrected chi connectivity index (χ3v) is 8.47. The van der Waals surface area contributed by atoms with Crippen LogP contribution in [0.4, 0.5) is 8.78 Å². The van der Waals surface area contributed by atoms with Crippen molar-refractivity contribution in [1.29, 1.82) is 0 Å². The standard InChI is InChI=1S/C33H39F2NO6/c1-39-26-9-5-23(21-28(26)41-3)7-11-30(37)32(15-13-25(14-16-32)36-19-17-33(34,35)18-20-36)31(38)12-8-24-6-10-27(40-2)29(22-24)42-4/h5-12,21-22,25H,13-20H2,1-4H3/b11-7+,12-8+. The van der Waals surface area contributed by atoms with Crippen LogP contribution in [-0.2, 0) is 9.59 Å². The number of ether oxygens (including phenoxy) is 4. The summed E-state index contributed by atoms with van der Waals surface area (Å²) >= 11 is 0. The molecule has 0 unspecified atom stereocenters. The molecular weight excluding hydrogens is 544 g/mol. The topological polar surface area (TPSA) is 74.3 Å². The average molecular weight is 584 g/mol. The van der Waals surface area contributed by atoms with Gasteiger partial charge in [0, 0.05) is 32.0 Å². The van der Waals surface area contributed by atoms with Gasteiger partial charge < -0.3 is 18.9 Å². The van der Waals surface area contributed by atoms with E-state index in [-0.39, 0.29) is 30.4 Å². The summed E-state index contributed by atoms with van der Waals surface area (Å²) in [6.07, 6.45) is 7.81. The van der Waals surface area contributed by atoms with E-state index in [4.69, 9.17) is 18.9 Å². The van der Waals surface area contributed by atoms with Gasteiger partial charge in [-0.05, 0) is 73.2 Å². The molecule has 1 saturated heterocycles. The van der Waals surface area contributed by atoms with Crippen molar-refractivity contribution in [2.75, 3.05) is 41.5 Å². The van der Waals surface area contributed by atoms with Crippen LogP contribution in [0.2, 0.25) is 0 Å².